The normalized spacial score (nSPS) is 23.4. The Morgan fingerprint density at radius 3 is 2.55 bits per heavy atom. The number of hydrogen-bond donors (Lipinski definition) is 1. The quantitative estimate of drug-likeness (QED) is 0.890. The predicted octanol–water partition coefficient (Wildman–Crippen LogP) is 1.72. The Kier molecular flexibility index (Phi) is 5.40. The number of nitrogens with zero attached hydrogens (tertiary/aromatic N) is 2. The van der Waals surface area contributed by atoms with E-state index in [1.54, 1.807) is 0 Å². The lowest BCUT2D eigenvalue weighted by atomic mass is 10.1. The first-order chi connectivity index (χ1) is 9.60. The van der Waals surface area contributed by atoms with E-state index >= 15 is 0 Å². The van der Waals surface area contributed by atoms with Crippen molar-refractivity contribution in [2.75, 3.05) is 38.2 Å². The minimum atomic E-state index is 0.199. The van der Waals surface area contributed by atoms with Crippen LogP contribution in [-0.2, 0) is 11.3 Å². The SMILES string of the molecule is CC1CN(c2ccccc2CN(C)CCO)CC(C)O1. The van der Waals surface area contributed by atoms with Gasteiger partial charge in [-0.05, 0) is 32.5 Å². The number of aliphatic hydroxyl groups excluding tert-OH is 1. The van der Waals surface area contributed by atoms with Crippen LogP contribution >= 0.6 is 0 Å². The van der Waals surface area contributed by atoms with Crippen LogP contribution in [0.25, 0.3) is 0 Å². The number of para-hydroxylation sites is 1. The molecule has 1 fully saturated rings. The lowest BCUT2D eigenvalue weighted by molar-refractivity contribution is -0.00528. The number of likely N-dealkylation sites (N-methyl/N-ethyl adjacent to an activating group) is 1. The van der Waals surface area contributed by atoms with Crippen LogP contribution in [0.2, 0.25) is 0 Å². The summed E-state index contributed by atoms with van der Waals surface area (Å²) in [7, 11) is 2.04. The summed E-state index contributed by atoms with van der Waals surface area (Å²) in [6.45, 7) is 7.88. The third-order valence-electron chi connectivity index (χ3n) is 3.67. The van der Waals surface area contributed by atoms with Crippen molar-refractivity contribution in [1.29, 1.82) is 0 Å². The zero-order valence-corrected chi connectivity index (χ0v) is 12.7. The molecule has 0 aromatic heterocycles. The van der Waals surface area contributed by atoms with Gasteiger partial charge in [0.25, 0.3) is 0 Å². The second kappa shape index (κ2) is 7.07. The fraction of sp³-hybridized carbons (Fsp3) is 0.625. The van der Waals surface area contributed by atoms with Crippen LogP contribution in [0.4, 0.5) is 5.69 Å². The molecule has 1 aliphatic rings. The van der Waals surface area contributed by atoms with Crippen LogP contribution in [0.1, 0.15) is 19.4 Å². The first-order valence-electron chi connectivity index (χ1n) is 7.38. The van der Waals surface area contributed by atoms with E-state index in [4.69, 9.17) is 9.84 Å². The Bertz CT molecular complexity index is 415. The largest absolute Gasteiger partial charge is 0.395 e. The van der Waals surface area contributed by atoms with Gasteiger partial charge in [-0.25, -0.2) is 0 Å². The first kappa shape index (κ1) is 15.3. The van der Waals surface area contributed by atoms with Crippen molar-refractivity contribution in [3.63, 3.8) is 0 Å². The van der Waals surface area contributed by atoms with E-state index in [1.165, 1.54) is 11.3 Å². The maximum Gasteiger partial charge on any atom is 0.0726 e. The molecule has 2 unspecified atom stereocenters. The third-order valence-corrected chi connectivity index (χ3v) is 3.67. The highest BCUT2D eigenvalue weighted by molar-refractivity contribution is 5.54. The zero-order chi connectivity index (χ0) is 14.5. The number of aliphatic hydroxyl groups is 1. The summed E-state index contributed by atoms with van der Waals surface area (Å²) in [5.41, 5.74) is 2.60. The smallest absolute Gasteiger partial charge is 0.0726 e. The number of rotatable bonds is 5. The number of morpholine rings is 1. The molecular formula is C16H26N2O2. The molecule has 112 valence electrons. The van der Waals surface area contributed by atoms with Crippen molar-refractivity contribution < 1.29 is 9.84 Å². The van der Waals surface area contributed by atoms with Gasteiger partial charge >= 0.3 is 0 Å². The van der Waals surface area contributed by atoms with Gasteiger partial charge in [0, 0.05) is 31.9 Å². The summed E-state index contributed by atoms with van der Waals surface area (Å²) in [6.07, 6.45) is 0.531. The van der Waals surface area contributed by atoms with E-state index in [0.717, 1.165) is 19.6 Å². The van der Waals surface area contributed by atoms with Crippen molar-refractivity contribution in [2.24, 2.45) is 0 Å². The van der Waals surface area contributed by atoms with Gasteiger partial charge in [-0.15, -0.1) is 0 Å². The van der Waals surface area contributed by atoms with E-state index in [-0.39, 0.29) is 18.8 Å². The summed E-state index contributed by atoms with van der Waals surface area (Å²) in [4.78, 5) is 4.56. The maximum absolute atomic E-state index is 9.03. The van der Waals surface area contributed by atoms with Crippen LogP contribution in [0.15, 0.2) is 24.3 Å². The van der Waals surface area contributed by atoms with Crippen molar-refractivity contribution >= 4 is 5.69 Å². The Hall–Kier alpha value is -1.10. The van der Waals surface area contributed by atoms with Crippen molar-refractivity contribution in [1.82, 2.24) is 4.90 Å². The fourth-order valence-corrected chi connectivity index (χ4v) is 2.87. The summed E-state index contributed by atoms with van der Waals surface area (Å²) >= 11 is 0. The molecule has 0 aliphatic carbocycles. The number of ether oxygens (including phenoxy) is 1. The summed E-state index contributed by atoms with van der Waals surface area (Å²) < 4.78 is 5.81. The topological polar surface area (TPSA) is 35.9 Å². The standard InChI is InChI=1S/C16H26N2O2/c1-13-10-18(11-14(2)20-13)16-7-5-4-6-15(16)12-17(3)8-9-19/h4-7,13-14,19H,8-12H2,1-3H3. The highest BCUT2D eigenvalue weighted by Gasteiger charge is 2.23. The van der Waals surface area contributed by atoms with E-state index in [0.29, 0.717) is 6.54 Å². The van der Waals surface area contributed by atoms with Gasteiger partial charge in [0.1, 0.15) is 0 Å². The number of anilines is 1. The molecule has 0 bridgehead atoms. The fourth-order valence-electron chi connectivity index (χ4n) is 2.87. The van der Waals surface area contributed by atoms with Gasteiger partial charge < -0.3 is 14.7 Å². The molecule has 1 aromatic rings. The molecule has 1 saturated heterocycles. The Balaban J connectivity index is 2.14. The predicted molar refractivity (Wildman–Crippen MR) is 82.1 cm³/mol. The number of hydrogen-bond acceptors (Lipinski definition) is 4. The van der Waals surface area contributed by atoms with Crippen LogP contribution in [0, 0.1) is 0 Å². The van der Waals surface area contributed by atoms with Crippen LogP contribution < -0.4 is 4.90 Å². The number of benzene rings is 1. The second-order valence-electron chi connectivity index (χ2n) is 5.75. The lowest BCUT2D eigenvalue weighted by Gasteiger charge is -2.38. The van der Waals surface area contributed by atoms with E-state index in [2.05, 4.69) is 47.9 Å². The maximum atomic E-state index is 9.03. The van der Waals surface area contributed by atoms with Crippen molar-refractivity contribution in [2.45, 2.75) is 32.6 Å². The van der Waals surface area contributed by atoms with Gasteiger partial charge in [-0.3, -0.25) is 4.90 Å². The monoisotopic (exact) mass is 278 g/mol. The molecule has 4 heteroatoms. The first-order valence-corrected chi connectivity index (χ1v) is 7.38. The molecule has 0 spiro atoms. The summed E-state index contributed by atoms with van der Waals surface area (Å²) in [5, 5.41) is 9.03. The average molecular weight is 278 g/mol. The molecule has 0 radical (unpaired) electrons. The van der Waals surface area contributed by atoms with Crippen molar-refractivity contribution in [3.05, 3.63) is 29.8 Å². The molecule has 1 heterocycles. The Morgan fingerprint density at radius 2 is 1.90 bits per heavy atom. The van der Waals surface area contributed by atoms with Gasteiger partial charge in [-0.2, -0.15) is 0 Å². The molecule has 2 atom stereocenters. The molecule has 4 nitrogen and oxygen atoms in total. The second-order valence-corrected chi connectivity index (χ2v) is 5.75. The van der Waals surface area contributed by atoms with Gasteiger partial charge in [0.05, 0.1) is 18.8 Å². The van der Waals surface area contributed by atoms with Crippen LogP contribution in [-0.4, -0.2) is 55.5 Å². The minimum absolute atomic E-state index is 0.199. The summed E-state index contributed by atoms with van der Waals surface area (Å²) in [6, 6.07) is 8.54. The molecule has 0 saturated carbocycles. The molecular weight excluding hydrogens is 252 g/mol. The zero-order valence-electron chi connectivity index (χ0n) is 12.7. The molecule has 1 N–H and O–H groups in total. The average Bonchev–Trinajstić information content (AvgIpc) is 2.38. The molecule has 20 heavy (non-hydrogen) atoms. The van der Waals surface area contributed by atoms with Crippen LogP contribution in [0.5, 0.6) is 0 Å². The molecule has 2 rings (SSSR count). The van der Waals surface area contributed by atoms with Gasteiger partial charge in [0.2, 0.25) is 0 Å². The van der Waals surface area contributed by atoms with E-state index in [1.807, 2.05) is 7.05 Å². The molecule has 1 aliphatic heterocycles. The van der Waals surface area contributed by atoms with Crippen molar-refractivity contribution in [3.8, 4) is 0 Å². The Morgan fingerprint density at radius 1 is 1.25 bits per heavy atom. The van der Waals surface area contributed by atoms with E-state index < -0.39 is 0 Å². The summed E-state index contributed by atoms with van der Waals surface area (Å²) in [5.74, 6) is 0. The van der Waals surface area contributed by atoms with Crippen LogP contribution in [0.3, 0.4) is 0 Å². The molecule has 1 aromatic carbocycles. The highest BCUT2D eigenvalue weighted by atomic mass is 16.5. The third kappa shape index (κ3) is 3.95. The van der Waals surface area contributed by atoms with E-state index in [9.17, 15) is 0 Å². The minimum Gasteiger partial charge on any atom is -0.395 e. The highest BCUT2D eigenvalue weighted by Crippen LogP contribution is 2.25. The molecule has 0 amide bonds. The van der Waals surface area contributed by atoms with Gasteiger partial charge in [0.15, 0.2) is 0 Å². The Labute approximate surface area is 122 Å². The lowest BCUT2D eigenvalue weighted by Crippen LogP contribution is -2.46. The van der Waals surface area contributed by atoms with Gasteiger partial charge in [-0.1, -0.05) is 18.2 Å².